The van der Waals surface area contributed by atoms with Gasteiger partial charge in [-0.3, -0.25) is 4.79 Å². The van der Waals surface area contributed by atoms with Crippen molar-refractivity contribution < 1.29 is 24.6 Å². The molecule has 0 saturated heterocycles. The molecule has 0 unspecified atom stereocenters. The number of nitrogens with zero attached hydrogens (tertiary/aromatic N) is 1. The van der Waals surface area contributed by atoms with Crippen LogP contribution in [0.25, 0.3) is 0 Å². The molecule has 0 bridgehead atoms. The number of aliphatic hydroxyl groups excluding tert-OH is 1. The molecule has 7 nitrogen and oxygen atoms in total. The standard InChI is InChI=1S/C24H36N2O5S/c1-23-9-7-15(26-31-12-21(28)25-19(13-32)22(29)30)11-14(23)3-4-16-17-5-6-20(27)24(17,2)10-8-18(16)23/h11,16-20,27,32H,3-10,12-13H2,1-2H3,(H,25,28)(H,29,30)/b26-15-/t16-,17-,18-,19-,20-,23-,24-/m0/s1. The quantitative estimate of drug-likeness (QED) is 0.357. The predicted octanol–water partition coefficient (Wildman–Crippen LogP) is 3.18. The first-order valence-electron chi connectivity index (χ1n) is 11.9. The smallest absolute Gasteiger partial charge is 0.327 e. The first-order valence-corrected chi connectivity index (χ1v) is 12.5. The maximum absolute atomic E-state index is 11.9. The van der Waals surface area contributed by atoms with Crippen molar-refractivity contribution in [3.05, 3.63) is 11.6 Å². The van der Waals surface area contributed by atoms with Gasteiger partial charge < -0.3 is 20.4 Å². The molecule has 3 fully saturated rings. The molecule has 0 aromatic carbocycles. The number of carbonyl (C=O) groups is 2. The Morgan fingerprint density at radius 2 is 2.00 bits per heavy atom. The number of carbonyl (C=O) groups excluding carboxylic acids is 1. The normalized spacial score (nSPS) is 40.5. The van der Waals surface area contributed by atoms with Gasteiger partial charge in [-0.25, -0.2) is 4.79 Å². The van der Waals surface area contributed by atoms with E-state index in [1.54, 1.807) is 0 Å². The zero-order valence-electron chi connectivity index (χ0n) is 19.0. The Hall–Kier alpha value is -1.54. The Bertz CT molecular complexity index is 829. The van der Waals surface area contributed by atoms with Crippen molar-refractivity contribution >= 4 is 30.2 Å². The molecule has 32 heavy (non-hydrogen) atoms. The predicted molar refractivity (Wildman–Crippen MR) is 125 cm³/mol. The molecular weight excluding hydrogens is 428 g/mol. The van der Waals surface area contributed by atoms with Crippen LogP contribution < -0.4 is 5.32 Å². The third kappa shape index (κ3) is 4.09. The number of carboxylic acid groups (broad SMARTS) is 1. The van der Waals surface area contributed by atoms with Crippen LogP contribution in [0.2, 0.25) is 0 Å². The van der Waals surface area contributed by atoms with Gasteiger partial charge in [0.2, 0.25) is 0 Å². The summed E-state index contributed by atoms with van der Waals surface area (Å²) in [5, 5.41) is 26.2. The highest BCUT2D eigenvalue weighted by Crippen LogP contribution is 2.65. The van der Waals surface area contributed by atoms with E-state index >= 15 is 0 Å². The lowest BCUT2D eigenvalue weighted by Crippen LogP contribution is -2.51. The molecule has 4 aliphatic carbocycles. The number of fused-ring (bicyclic) bond motifs is 5. The molecule has 0 aromatic rings. The number of aliphatic carboxylic acids is 1. The first-order chi connectivity index (χ1) is 15.2. The number of aliphatic hydroxyl groups is 1. The number of allylic oxidation sites excluding steroid dienone is 2. The number of hydrogen-bond acceptors (Lipinski definition) is 6. The molecule has 0 aromatic heterocycles. The summed E-state index contributed by atoms with van der Waals surface area (Å²) in [6, 6.07) is -1.03. The summed E-state index contributed by atoms with van der Waals surface area (Å²) in [6.07, 6.45) is 10.5. The van der Waals surface area contributed by atoms with Crippen molar-refractivity contribution in [3.63, 3.8) is 0 Å². The average Bonchev–Trinajstić information content (AvgIpc) is 3.06. The first kappa shape index (κ1) is 23.6. The van der Waals surface area contributed by atoms with Gasteiger partial charge in [0, 0.05) is 5.75 Å². The van der Waals surface area contributed by atoms with Crippen LogP contribution in [0.5, 0.6) is 0 Å². The lowest BCUT2D eigenvalue weighted by molar-refractivity contribution is -0.141. The summed E-state index contributed by atoms with van der Waals surface area (Å²) in [5.41, 5.74) is 2.57. The van der Waals surface area contributed by atoms with Crippen LogP contribution in [0, 0.1) is 28.6 Å². The molecule has 178 valence electrons. The summed E-state index contributed by atoms with van der Waals surface area (Å²) in [5.74, 6) is 0.365. The molecular formula is C24H36N2O5S. The van der Waals surface area contributed by atoms with Crippen molar-refractivity contribution in [1.29, 1.82) is 0 Å². The minimum absolute atomic E-state index is 0.0153. The fourth-order valence-corrected chi connectivity index (χ4v) is 7.46. The Morgan fingerprint density at radius 3 is 2.72 bits per heavy atom. The zero-order valence-corrected chi connectivity index (χ0v) is 19.9. The highest BCUT2D eigenvalue weighted by atomic mass is 32.1. The van der Waals surface area contributed by atoms with E-state index in [1.807, 2.05) is 0 Å². The Morgan fingerprint density at radius 1 is 1.22 bits per heavy atom. The number of amides is 1. The largest absolute Gasteiger partial charge is 0.480 e. The van der Waals surface area contributed by atoms with Crippen LogP contribution in [0.3, 0.4) is 0 Å². The number of nitrogens with one attached hydrogen (secondary N) is 1. The van der Waals surface area contributed by atoms with Crippen LogP contribution in [-0.4, -0.2) is 52.3 Å². The lowest BCUT2D eigenvalue weighted by atomic mass is 9.47. The third-order valence-electron chi connectivity index (χ3n) is 9.12. The van der Waals surface area contributed by atoms with Crippen LogP contribution in [0.1, 0.15) is 65.2 Å². The number of rotatable bonds is 6. The van der Waals surface area contributed by atoms with E-state index in [0.717, 1.165) is 44.2 Å². The van der Waals surface area contributed by atoms with E-state index in [9.17, 15) is 14.7 Å². The fraction of sp³-hybridized carbons (Fsp3) is 0.792. The maximum atomic E-state index is 11.9. The van der Waals surface area contributed by atoms with E-state index in [1.165, 1.54) is 18.4 Å². The Kier molecular flexibility index (Phi) is 6.65. The van der Waals surface area contributed by atoms with Gasteiger partial charge in [0.25, 0.3) is 5.91 Å². The lowest BCUT2D eigenvalue weighted by Gasteiger charge is -2.57. The molecule has 0 aliphatic heterocycles. The van der Waals surface area contributed by atoms with E-state index in [4.69, 9.17) is 9.94 Å². The molecule has 1 amide bonds. The van der Waals surface area contributed by atoms with Gasteiger partial charge in [0.1, 0.15) is 6.04 Å². The zero-order chi connectivity index (χ0) is 23.1. The average molecular weight is 465 g/mol. The summed E-state index contributed by atoms with van der Waals surface area (Å²) in [6.45, 7) is 4.42. The second-order valence-electron chi connectivity index (χ2n) is 10.6. The third-order valence-corrected chi connectivity index (χ3v) is 9.49. The molecule has 0 heterocycles. The van der Waals surface area contributed by atoms with Crippen LogP contribution in [0.4, 0.5) is 0 Å². The van der Waals surface area contributed by atoms with Crippen molar-refractivity contribution in [2.75, 3.05) is 12.4 Å². The van der Waals surface area contributed by atoms with Gasteiger partial charge in [-0.2, -0.15) is 12.6 Å². The van der Waals surface area contributed by atoms with Gasteiger partial charge >= 0.3 is 5.97 Å². The van der Waals surface area contributed by atoms with Gasteiger partial charge in [0.05, 0.1) is 11.8 Å². The summed E-state index contributed by atoms with van der Waals surface area (Å²) >= 11 is 3.93. The minimum Gasteiger partial charge on any atom is -0.480 e. The number of oxime groups is 1. The van der Waals surface area contributed by atoms with Crippen LogP contribution in [0.15, 0.2) is 16.8 Å². The van der Waals surface area contributed by atoms with Gasteiger partial charge in [-0.15, -0.1) is 0 Å². The summed E-state index contributed by atoms with van der Waals surface area (Å²) in [4.78, 5) is 28.1. The molecule has 3 saturated carbocycles. The van der Waals surface area contributed by atoms with Crippen LogP contribution >= 0.6 is 12.6 Å². The van der Waals surface area contributed by atoms with Crippen molar-refractivity contribution in [2.45, 2.75) is 77.4 Å². The highest BCUT2D eigenvalue weighted by molar-refractivity contribution is 7.80. The highest BCUT2D eigenvalue weighted by Gasteiger charge is 2.58. The molecule has 4 aliphatic rings. The van der Waals surface area contributed by atoms with Crippen molar-refractivity contribution in [1.82, 2.24) is 5.32 Å². The molecule has 0 spiro atoms. The number of hydrogen-bond donors (Lipinski definition) is 4. The summed E-state index contributed by atoms with van der Waals surface area (Å²) in [7, 11) is 0. The Balaban J connectivity index is 1.39. The summed E-state index contributed by atoms with van der Waals surface area (Å²) < 4.78 is 0. The van der Waals surface area contributed by atoms with Gasteiger partial charge in [-0.05, 0) is 86.0 Å². The van der Waals surface area contributed by atoms with E-state index in [-0.39, 0.29) is 29.3 Å². The Labute approximate surface area is 195 Å². The van der Waals surface area contributed by atoms with E-state index in [2.05, 4.69) is 43.0 Å². The maximum Gasteiger partial charge on any atom is 0.327 e. The van der Waals surface area contributed by atoms with Crippen molar-refractivity contribution in [3.8, 4) is 0 Å². The van der Waals surface area contributed by atoms with Gasteiger partial charge in [-0.1, -0.05) is 24.6 Å². The second-order valence-corrected chi connectivity index (χ2v) is 11.0. The van der Waals surface area contributed by atoms with Gasteiger partial charge in [0.15, 0.2) is 6.61 Å². The van der Waals surface area contributed by atoms with E-state index < -0.39 is 17.9 Å². The van der Waals surface area contributed by atoms with Crippen molar-refractivity contribution in [2.24, 2.45) is 33.7 Å². The van der Waals surface area contributed by atoms with E-state index in [0.29, 0.717) is 17.8 Å². The number of carboxylic acids is 1. The number of thiol groups is 1. The molecule has 3 N–H and O–H groups in total. The molecule has 7 atom stereocenters. The fourth-order valence-electron chi connectivity index (χ4n) is 7.21. The molecule has 8 heteroatoms. The molecule has 4 rings (SSSR count). The monoisotopic (exact) mass is 464 g/mol. The molecule has 0 radical (unpaired) electrons. The van der Waals surface area contributed by atoms with Crippen LogP contribution in [-0.2, 0) is 14.4 Å². The SMILES string of the molecule is C[C@]12CC[C@H]3[C@@H](CCC4=C/C(=N\OCC(=O)N[C@@H](CS)C(=O)O)CC[C@@]43C)[C@@H]1CC[C@@H]2O. The minimum atomic E-state index is -1.12. The topological polar surface area (TPSA) is 108 Å². The second kappa shape index (κ2) is 9.01.